The molecule has 0 unspecified atom stereocenters. The number of methoxy groups -OCH3 is 1. The van der Waals surface area contributed by atoms with Crippen molar-refractivity contribution in [3.05, 3.63) is 51.8 Å². The van der Waals surface area contributed by atoms with Gasteiger partial charge in [-0.25, -0.2) is 22.7 Å². The van der Waals surface area contributed by atoms with E-state index in [1.54, 1.807) is 7.11 Å². The van der Waals surface area contributed by atoms with E-state index in [-0.39, 0.29) is 27.9 Å². The minimum Gasteiger partial charge on any atom is -0.504 e. The lowest BCUT2D eigenvalue weighted by Crippen LogP contribution is -2.45. The summed E-state index contributed by atoms with van der Waals surface area (Å²) >= 11 is 6.07. The van der Waals surface area contributed by atoms with Gasteiger partial charge >= 0.3 is 5.97 Å². The highest BCUT2D eigenvalue weighted by molar-refractivity contribution is 7.89. The molecule has 7 nitrogen and oxygen atoms in total. The van der Waals surface area contributed by atoms with E-state index in [1.807, 2.05) is 12.1 Å². The number of phenolic OH excluding ortho intramolecular Hbond substituents is 1. The van der Waals surface area contributed by atoms with Gasteiger partial charge in [-0.05, 0) is 91.7 Å². The molecule has 5 rings (SSSR count). The molecule has 5 atom stereocenters. The van der Waals surface area contributed by atoms with E-state index in [1.165, 1.54) is 5.56 Å². The number of rotatable bonds is 4. The Balaban J connectivity index is 1.39. The van der Waals surface area contributed by atoms with Gasteiger partial charge in [0.1, 0.15) is 16.8 Å². The lowest BCUT2D eigenvalue weighted by molar-refractivity contribution is -0.0428. The van der Waals surface area contributed by atoms with Crippen molar-refractivity contribution in [2.24, 2.45) is 22.4 Å². The molecule has 3 aliphatic rings. The summed E-state index contributed by atoms with van der Waals surface area (Å²) in [7, 11) is -2.83. The van der Waals surface area contributed by atoms with Crippen molar-refractivity contribution in [3.63, 3.8) is 0 Å². The zero-order valence-corrected chi connectivity index (χ0v) is 21.7. The molecule has 2 fully saturated rings. The van der Waals surface area contributed by atoms with Gasteiger partial charge in [0.25, 0.3) is 0 Å². The Bertz CT molecular complexity index is 1350. The topological polar surface area (TPSA) is 116 Å². The fraction of sp³-hybridized carbons (Fsp3) is 0.500. The molecule has 10 heteroatoms. The molecule has 194 valence electrons. The number of esters is 1. The summed E-state index contributed by atoms with van der Waals surface area (Å²) in [5.74, 6) is -0.159. The number of aryl methyl sites for hydroxylation is 1. The standard InChI is InChI=1S/C26H29ClFNO6S/c1-26-8-7-14-15(4-3-13-9-21(30)22(34-2)10-16(13)14)18(26)5-6-24(26)35-25(31)17-11-23(36(29,32)33)20(28)12-19(17)27/h9-12,14-15,18,24,30H,3-8H2,1-2H3,(H2,29,32,33)/t14-,15+,18-,24-,26-/m0/s1. The maximum absolute atomic E-state index is 14.1. The second-order valence-corrected chi connectivity index (χ2v) is 12.4. The fourth-order valence-corrected chi connectivity index (χ4v) is 7.83. The SMILES string of the molecule is COc1cc2c(cc1O)CC[C@@H]1[C@@H]2CC[C@]2(C)[C@@H](OC(=O)c3cc(S(N)(=O)=O)c(F)cc3Cl)CC[C@@H]12. The van der Waals surface area contributed by atoms with Crippen LogP contribution in [0.5, 0.6) is 11.5 Å². The number of carbonyl (C=O) groups is 1. The van der Waals surface area contributed by atoms with Gasteiger partial charge in [0.15, 0.2) is 11.5 Å². The van der Waals surface area contributed by atoms with Crippen molar-refractivity contribution < 1.29 is 32.2 Å². The Hall–Kier alpha value is -2.36. The van der Waals surface area contributed by atoms with Crippen LogP contribution in [0.15, 0.2) is 29.2 Å². The average molecular weight is 538 g/mol. The normalized spacial score (nSPS) is 29.1. The highest BCUT2D eigenvalue weighted by atomic mass is 35.5. The molecule has 3 N–H and O–H groups in total. The highest BCUT2D eigenvalue weighted by Crippen LogP contribution is 2.62. The first-order valence-corrected chi connectivity index (χ1v) is 14.0. The number of aromatic hydroxyl groups is 1. The summed E-state index contributed by atoms with van der Waals surface area (Å²) in [4.78, 5) is 12.3. The third-order valence-corrected chi connectivity index (χ3v) is 9.97. The van der Waals surface area contributed by atoms with Crippen LogP contribution in [0.3, 0.4) is 0 Å². The van der Waals surface area contributed by atoms with Gasteiger partial charge in [-0.2, -0.15) is 0 Å². The quantitative estimate of drug-likeness (QED) is 0.535. The van der Waals surface area contributed by atoms with Crippen LogP contribution in [0.4, 0.5) is 4.39 Å². The van der Waals surface area contributed by atoms with E-state index < -0.39 is 26.7 Å². The molecule has 0 amide bonds. The summed E-state index contributed by atoms with van der Waals surface area (Å²) in [6, 6.07) is 5.41. The van der Waals surface area contributed by atoms with E-state index in [0.29, 0.717) is 29.9 Å². The number of benzene rings is 2. The van der Waals surface area contributed by atoms with Crippen LogP contribution in [0.1, 0.15) is 66.4 Å². The molecule has 2 saturated carbocycles. The second kappa shape index (κ2) is 8.89. The Labute approximate surface area is 214 Å². The van der Waals surface area contributed by atoms with Gasteiger partial charge in [0.2, 0.25) is 10.0 Å². The van der Waals surface area contributed by atoms with E-state index in [0.717, 1.165) is 49.8 Å². The number of carbonyl (C=O) groups excluding carboxylic acids is 1. The first kappa shape index (κ1) is 25.3. The Morgan fingerprint density at radius 2 is 1.94 bits per heavy atom. The molecule has 2 aromatic carbocycles. The van der Waals surface area contributed by atoms with Gasteiger partial charge in [0.05, 0.1) is 17.7 Å². The Morgan fingerprint density at radius 1 is 1.19 bits per heavy atom. The molecule has 0 bridgehead atoms. The van der Waals surface area contributed by atoms with Crippen molar-refractivity contribution in [2.45, 2.75) is 62.4 Å². The maximum Gasteiger partial charge on any atom is 0.339 e. The van der Waals surface area contributed by atoms with Crippen molar-refractivity contribution in [2.75, 3.05) is 7.11 Å². The van der Waals surface area contributed by atoms with Crippen LogP contribution < -0.4 is 9.88 Å². The minimum atomic E-state index is -4.38. The first-order valence-electron chi connectivity index (χ1n) is 12.1. The van der Waals surface area contributed by atoms with Crippen molar-refractivity contribution in [1.82, 2.24) is 0 Å². The first-order chi connectivity index (χ1) is 16.9. The summed E-state index contributed by atoms with van der Waals surface area (Å²) in [5, 5.41) is 15.1. The monoisotopic (exact) mass is 537 g/mol. The molecule has 0 aliphatic heterocycles. The van der Waals surface area contributed by atoms with Crippen LogP contribution >= 0.6 is 11.6 Å². The van der Waals surface area contributed by atoms with E-state index in [4.69, 9.17) is 26.2 Å². The van der Waals surface area contributed by atoms with Crippen LogP contribution in [0, 0.1) is 23.1 Å². The van der Waals surface area contributed by atoms with Crippen LogP contribution in [-0.4, -0.2) is 32.7 Å². The molecular formula is C26H29ClFNO6S. The second-order valence-electron chi connectivity index (χ2n) is 10.5. The van der Waals surface area contributed by atoms with Crippen LogP contribution in [-0.2, 0) is 21.2 Å². The third kappa shape index (κ3) is 4.05. The maximum atomic E-state index is 14.1. The molecule has 0 aromatic heterocycles. The molecule has 0 saturated heterocycles. The third-order valence-electron chi connectivity index (χ3n) is 8.73. The van der Waals surface area contributed by atoms with E-state index in [2.05, 4.69) is 6.92 Å². The zero-order chi connectivity index (χ0) is 26.0. The number of phenols is 1. The summed E-state index contributed by atoms with van der Waals surface area (Å²) in [6.45, 7) is 2.16. The van der Waals surface area contributed by atoms with E-state index in [9.17, 15) is 22.7 Å². The number of nitrogens with two attached hydrogens (primary N) is 1. The van der Waals surface area contributed by atoms with Gasteiger partial charge in [-0.1, -0.05) is 18.5 Å². The number of hydrogen-bond acceptors (Lipinski definition) is 6. The van der Waals surface area contributed by atoms with Gasteiger partial charge in [-0.15, -0.1) is 0 Å². The largest absolute Gasteiger partial charge is 0.504 e. The van der Waals surface area contributed by atoms with Gasteiger partial charge in [-0.3, -0.25) is 0 Å². The molecule has 0 spiro atoms. The fourth-order valence-electron chi connectivity index (χ4n) is 6.99. The molecule has 36 heavy (non-hydrogen) atoms. The molecular weight excluding hydrogens is 509 g/mol. The van der Waals surface area contributed by atoms with Crippen LogP contribution in [0.2, 0.25) is 5.02 Å². The number of ether oxygens (including phenoxy) is 2. The number of hydrogen-bond donors (Lipinski definition) is 2. The average Bonchev–Trinajstić information content (AvgIpc) is 3.13. The smallest absolute Gasteiger partial charge is 0.339 e. The zero-order valence-electron chi connectivity index (χ0n) is 20.1. The molecule has 2 aromatic rings. The molecule has 0 radical (unpaired) electrons. The lowest BCUT2D eigenvalue weighted by Gasteiger charge is -2.50. The predicted molar refractivity (Wildman–Crippen MR) is 131 cm³/mol. The number of sulfonamides is 1. The summed E-state index contributed by atoms with van der Waals surface area (Å²) in [6.07, 6.45) is 4.84. The lowest BCUT2D eigenvalue weighted by atomic mass is 9.55. The number of fused-ring (bicyclic) bond motifs is 5. The number of halogens is 2. The van der Waals surface area contributed by atoms with Gasteiger partial charge < -0.3 is 14.6 Å². The van der Waals surface area contributed by atoms with Crippen molar-refractivity contribution in [3.8, 4) is 11.5 Å². The Kier molecular flexibility index (Phi) is 6.24. The van der Waals surface area contributed by atoms with Gasteiger partial charge in [0, 0.05) is 5.41 Å². The minimum absolute atomic E-state index is 0.160. The van der Waals surface area contributed by atoms with Crippen molar-refractivity contribution in [1.29, 1.82) is 0 Å². The highest BCUT2D eigenvalue weighted by Gasteiger charge is 2.56. The van der Waals surface area contributed by atoms with E-state index >= 15 is 0 Å². The van der Waals surface area contributed by atoms with Crippen molar-refractivity contribution >= 4 is 27.6 Å². The molecule has 3 aliphatic carbocycles. The summed E-state index contributed by atoms with van der Waals surface area (Å²) < 4.78 is 48.8. The van der Waals surface area contributed by atoms with Crippen LogP contribution in [0.25, 0.3) is 0 Å². The predicted octanol–water partition coefficient (Wildman–Crippen LogP) is 4.92. The molecule has 0 heterocycles. The Morgan fingerprint density at radius 3 is 2.64 bits per heavy atom. The summed E-state index contributed by atoms with van der Waals surface area (Å²) in [5.41, 5.74) is 1.93. The number of primary sulfonamides is 1.